The summed E-state index contributed by atoms with van der Waals surface area (Å²) in [6, 6.07) is 47.8. The van der Waals surface area contributed by atoms with Crippen molar-refractivity contribution in [1.29, 1.82) is 0 Å². The summed E-state index contributed by atoms with van der Waals surface area (Å²) < 4.78 is 2.50. The fourth-order valence-corrected chi connectivity index (χ4v) is 9.71. The Morgan fingerprint density at radius 1 is 0.630 bits per heavy atom. The highest BCUT2D eigenvalue weighted by molar-refractivity contribution is 6.30. The molecule has 10 aromatic rings. The van der Waals surface area contributed by atoms with E-state index >= 15 is 0 Å². The Morgan fingerprint density at radius 3 is 2.43 bits per heavy atom. The topological polar surface area (TPSA) is 46.8 Å². The number of hydrogen-bond donors (Lipinski definition) is 0. The summed E-state index contributed by atoms with van der Waals surface area (Å²) in [5.74, 6) is 1.72. The Kier molecular flexibility index (Phi) is 5.42. The number of anilines is 2. The maximum absolute atomic E-state index is 5.14. The third kappa shape index (κ3) is 3.65. The molecule has 1 atom stereocenters. The van der Waals surface area contributed by atoms with Crippen LogP contribution in [0.25, 0.3) is 94.6 Å². The summed E-state index contributed by atoms with van der Waals surface area (Å²) in [6.07, 6.45) is 9.93. The Morgan fingerprint density at radius 2 is 1.50 bits per heavy atom. The molecule has 0 spiro atoms. The molecule has 5 nitrogen and oxygen atoms in total. The van der Waals surface area contributed by atoms with Gasteiger partial charge in [-0.3, -0.25) is 0 Å². The van der Waals surface area contributed by atoms with Gasteiger partial charge in [0.25, 0.3) is 0 Å². The monoisotopic (exact) mass is 687 g/mol. The molecular formula is C49H29N5. The second-order valence-corrected chi connectivity index (χ2v) is 14.7. The smallest absolute Gasteiger partial charge is 0.160 e. The zero-order valence-corrected chi connectivity index (χ0v) is 29.0. The fourth-order valence-electron chi connectivity index (χ4n) is 9.71. The summed E-state index contributed by atoms with van der Waals surface area (Å²) in [5, 5.41) is 11.6. The van der Waals surface area contributed by atoms with Gasteiger partial charge in [0, 0.05) is 44.6 Å². The molecule has 0 fully saturated rings. The van der Waals surface area contributed by atoms with Gasteiger partial charge in [-0.2, -0.15) is 0 Å². The van der Waals surface area contributed by atoms with E-state index in [2.05, 4.69) is 143 Å². The first-order chi connectivity index (χ1) is 26.8. The normalized spacial score (nSPS) is 15.2. The van der Waals surface area contributed by atoms with E-state index in [1.807, 2.05) is 24.4 Å². The van der Waals surface area contributed by atoms with E-state index in [0.717, 1.165) is 51.2 Å². The van der Waals surface area contributed by atoms with Crippen LogP contribution >= 0.6 is 0 Å². The van der Waals surface area contributed by atoms with Crippen molar-refractivity contribution < 1.29 is 0 Å². The highest BCUT2D eigenvalue weighted by Gasteiger charge is 2.38. The van der Waals surface area contributed by atoms with Gasteiger partial charge >= 0.3 is 0 Å². The summed E-state index contributed by atoms with van der Waals surface area (Å²) in [6.45, 7) is 0. The number of rotatable bonds is 4. The van der Waals surface area contributed by atoms with E-state index in [1.165, 1.54) is 71.2 Å². The van der Waals surface area contributed by atoms with Crippen molar-refractivity contribution in [2.24, 2.45) is 0 Å². The van der Waals surface area contributed by atoms with E-state index < -0.39 is 0 Å². The third-order valence-electron chi connectivity index (χ3n) is 12.0. The standard InChI is InChI=1S/C49H29N5/c1-2-8-30(9-3-1)48-35-10-4-5-11-36(35)51-49(52-48)33-14-13-32-27-34(20-15-31(32)26-33)53-37-21-16-28-18-23-39-46-42(28)44(37)45-38(53)22-17-29-19-24-40(47(46)43(29)45)54(39)41-12-6-7-25-50-41/h1-16,18-27,39H,17H2. The van der Waals surface area contributed by atoms with Crippen molar-refractivity contribution >= 4 is 77.8 Å². The number of nitrogens with zero attached hydrogens (tertiary/aromatic N) is 5. The molecule has 13 rings (SSSR count). The summed E-state index contributed by atoms with van der Waals surface area (Å²) in [5.41, 5.74) is 11.8. The van der Waals surface area contributed by atoms with Crippen molar-refractivity contribution in [3.63, 3.8) is 0 Å². The number of benzene rings is 7. The predicted molar refractivity (Wildman–Crippen MR) is 221 cm³/mol. The molecule has 1 unspecified atom stereocenters. The lowest BCUT2D eigenvalue weighted by molar-refractivity contribution is 0.877. The SMILES string of the molecule is C1=CC2c3c4c(ccc5c4c4c(n(-c6ccc7cc(-c8nc(-c9ccccc9)c9ccccc9n8)ccc7c6)c6ccc1c3c46)=CC5)N2c1ccccn1. The molecule has 0 N–H and O–H groups in total. The van der Waals surface area contributed by atoms with Gasteiger partial charge in [0.05, 0.1) is 33.8 Å². The van der Waals surface area contributed by atoms with Crippen LogP contribution in [0.3, 0.4) is 0 Å². The molecule has 54 heavy (non-hydrogen) atoms. The van der Waals surface area contributed by atoms with Crippen molar-refractivity contribution in [2.75, 3.05) is 4.90 Å². The van der Waals surface area contributed by atoms with E-state index in [4.69, 9.17) is 15.0 Å². The lowest BCUT2D eigenvalue weighted by Crippen LogP contribution is -2.19. The number of hydrogen-bond acceptors (Lipinski definition) is 4. The summed E-state index contributed by atoms with van der Waals surface area (Å²) in [7, 11) is 0. The fraction of sp³-hybridized carbons (Fsp3) is 0.0408. The van der Waals surface area contributed by atoms with E-state index in [-0.39, 0.29) is 6.04 Å². The molecule has 0 saturated carbocycles. The van der Waals surface area contributed by atoms with E-state index in [0.29, 0.717) is 0 Å². The van der Waals surface area contributed by atoms with Crippen LogP contribution in [0.15, 0.2) is 146 Å². The van der Waals surface area contributed by atoms with Gasteiger partial charge in [-0.25, -0.2) is 15.0 Å². The zero-order valence-electron chi connectivity index (χ0n) is 29.0. The van der Waals surface area contributed by atoms with Crippen LogP contribution in [0.5, 0.6) is 0 Å². The van der Waals surface area contributed by atoms with Crippen LogP contribution < -0.4 is 10.2 Å². The minimum absolute atomic E-state index is 0.107. The molecular weight excluding hydrogens is 659 g/mol. The number of fused-ring (bicyclic) bond motifs is 2. The molecule has 4 heterocycles. The Labute approximate surface area is 309 Å². The van der Waals surface area contributed by atoms with Crippen LogP contribution in [0.2, 0.25) is 0 Å². The van der Waals surface area contributed by atoms with Crippen LogP contribution in [0.4, 0.5) is 11.5 Å². The molecule has 3 aliphatic rings. The second kappa shape index (κ2) is 10.3. The van der Waals surface area contributed by atoms with E-state index in [9.17, 15) is 0 Å². The number of aromatic nitrogens is 4. The van der Waals surface area contributed by atoms with Crippen molar-refractivity contribution in [3.8, 4) is 28.3 Å². The number of pyridine rings is 1. The lowest BCUT2D eigenvalue weighted by atomic mass is 9.83. The quantitative estimate of drug-likeness (QED) is 0.173. The second-order valence-electron chi connectivity index (χ2n) is 14.7. The van der Waals surface area contributed by atoms with Crippen molar-refractivity contribution in [1.82, 2.24) is 19.5 Å². The molecule has 0 amide bonds. The molecule has 250 valence electrons. The van der Waals surface area contributed by atoms with Crippen LogP contribution in [-0.2, 0) is 6.42 Å². The summed E-state index contributed by atoms with van der Waals surface area (Å²) >= 11 is 0. The Balaban J connectivity index is 1.01. The molecule has 3 aromatic heterocycles. The van der Waals surface area contributed by atoms with Gasteiger partial charge in [-0.1, -0.05) is 103 Å². The van der Waals surface area contributed by atoms with Gasteiger partial charge in [0.2, 0.25) is 0 Å². The average molecular weight is 688 g/mol. The molecule has 2 aliphatic carbocycles. The van der Waals surface area contributed by atoms with Gasteiger partial charge in [0.15, 0.2) is 5.82 Å². The maximum Gasteiger partial charge on any atom is 0.160 e. The first kappa shape index (κ1) is 28.5. The minimum Gasteiger partial charge on any atom is -0.315 e. The van der Waals surface area contributed by atoms with Gasteiger partial charge in [0.1, 0.15) is 5.82 Å². The molecule has 0 bridgehead atoms. The Bertz CT molecular complexity index is 3360. The van der Waals surface area contributed by atoms with Crippen molar-refractivity contribution in [3.05, 3.63) is 168 Å². The first-order valence-corrected chi connectivity index (χ1v) is 18.6. The third-order valence-corrected chi connectivity index (χ3v) is 12.0. The molecule has 0 radical (unpaired) electrons. The number of para-hydroxylation sites is 1. The van der Waals surface area contributed by atoms with Crippen LogP contribution in [0.1, 0.15) is 22.7 Å². The molecule has 5 heteroatoms. The highest BCUT2D eigenvalue weighted by atomic mass is 15.2. The van der Waals surface area contributed by atoms with Gasteiger partial charge in [-0.15, -0.1) is 0 Å². The Hall–Kier alpha value is -7.11. The minimum atomic E-state index is 0.107. The van der Waals surface area contributed by atoms with Crippen LogP contribution in [0, 0.1) is 0 Å². The predicted octanol–water partition coefficient (Wildman–Crippen LogP) is 11.0. The van der Waals surface area contributed by atoms with E-state index in [1.54, 1.807) is 0 Å². The van der Waals surface area contributed by atoms with Crippen LogP contribution in [-0.4, -0.2) is 19.5 Å². The zero-order chi connectivity index (χ0) is 35.1. The molecule has 7 aromatic carbocycles. The van der Waals surface area contributed by atoms with Gasteiger partial charge < -0.3 is 9.47 Å². The highest BCUT2D eigenvalue weighted by Crippen LogP contribution is 2.56. The molecule has 1 aliphatic heterocycles. The van der Waals surface area contributed by atoms with Gasteiger partial charge in [-0.05, 0) is 93.2 Å². The lowest BCUT2D eigenvalue weighted by Gasteiger charge is -2.27. The maximum atomic E-state index is 5.14. The van der Waals surface area contributed by atoms with Crippen molar-refractivity contribution in [2.45, 2.75) is 12.5 Å². The molecule has 0 saturated heterocycles. The average Bonchev–Trinajstić information content (AvgIpc) is 3.77. The summed E-state index contributed by atoms with van der Waals surface area (Å²) in [4.78, 5) is 17.4. The largest absolute Gasteiger partial charge is 0.315 e. The first-order valence-electron chi connectivity index (χ1n) is 18.6.